The Kier molecular flexibility index (Phi) is 3.69. The summed E-state index contributed by atoms with van der Waals surface area (Å²) in [5.74, 6) is 0.485. The van der Waals surface area contributed by atoms with Gasteiger partial charge in [0.25, 0.3) is 0 Å². The molecule has 1 heterocycles. The summed E-state index contributed by atoms with van der Waals surface area (Å²) in [5.41, 5.74) is 3.37. The van der Waals surface area contributed by atoms with Crippen molar-refractivity contribution in [3.63, 3.8) is 0 Å². The van der Waals surface area contributed by atoms with Gasteiger partial charge >= 0.3 is 5.97 Å². The number of aryl methyl sites for hydroxylation is 3. The Hall–Kier alpha value is -2.10. The Morgan fingerprint density at radius 1 is 1.21 bits per heavy atom. The molecular weight excluding hydrogens is 242 g/mol. The van der Waals surface area contributed by atoms with E-state index in [0.717, 1.165) is 16.7 Å². The fourth-order valence-electron chi connectivity index (χ4n) is 2.01. The van der Waals surface area contributed by atoms with E-state index < -0.39 is 5.97 Å². The molecule has 0 spiro atoms. The van der Waals surface area contributed by atoms with Crippen molar-refractivity contribution in [2.45, 2.75) is 27.7 Å². The van der Waals surface area contributed by atoms with Crippen LogP contribution in [0.25, 0.3) is 11.5 Å². The third kappa shape index (κ3) is 2.84. The van der Waals surface area contributed by atoms with Gasteiger partial charge in [-0.2, -0.15) is 0 Å². The number of oxazole rings is 1. The van der Waals surface area contributed by atoms with Gasteiger partial charge in [0.1, 0.15) is 5.76 Å². The van der Waals surface area contributed by atoms with Gasteiger partial charge in [-0.25, -0.2) is 9.78 Å². The van der Waals surface area contributed by atoms with Crippen LogP contribution in [-0.4, -0.2) is 17.6 Å². The van der Waals surface area contributed by atoms with Crippen LogP contribution in [0.2, 0.25) is 0 Å². The number of esters is 1. The van der Waals surface area contributed by atoms with Crippen molar-refractivity contribution >= 4 is 5.97 Å². The van der Waals surface area contributed by atoms with Gasteiger partial charge in [0, 0.05) is 5.56 Å². The first-order valence-corrected chi connectivity index (χ1v) is 6.24. The van der Waals surface area contributed by atoms with Gasteiger partial charge in [-0.05, 0) is 39.8 Å². The number of carbonyl (C=O) groups is 1. The first-order chi connectivity index (χ1) is 9.01. The fraction of sp³-hybridized carbons (Fsp3) is 0.333. The van der Waals surface area contributed by atoms with Crippen molar-refractivity contribution in [2.75, 3.05) is 6.61 Å². The largest absolute Gasteiger partial charge is 0.461 e. The van der Waals surface area contributed by atoms with Crippen LogP contribution in [-0.2, 0) is 4.74 Å². The van der Waals surface area contributed by atoms with E-state index in [4.69, 9.17) is 9.15 Å². The number of hydrogen-bond donors (Lipinski definition) is 0. The molecule has 0 aliphatic rings. The summed E-state index contributed by atoms with van der Waals surface area (Å²) in [4.78, 5) is 15.9. The Labute approximate surface area is 112 Å². The van der Waals surface area contributed by atoms with E-state index >= 15 is 0 Å². The van der Waals surface area contributed by atoms with Crippen LogP contribution in [0, 0.1) is 20.8 Å². The van der Waals surface area contributed by atoms with E-state index in [0.29, 0.717) is 18.3 Å². The minimum atomic E-state index is -0.445. The van der Waals surface area contributed by atoms with Crippen molar-refractivity contribution in [1.82, 2.24) is 4.98 Å². The van der Waals surface area contributed by atoms with Crippen LogP contribution in [0.1, 0.15) is 34.3 Å². The van der Waals surface area contributed by atoms with Gasteiger partial charge in [0.2, 0.25) is 5.89 Å². The molecule has 0 aliphatic carbocycles. The van der Waals surface area contributed by atoms with E-state index in [1.165, 1.54) is 0 Å². The zero-order valence-electron chi connectivity index (χ0n) is 11.6. The molecule has 0 unspecified atom stereocenters. The molecule has 0 aliphatic heterocycles. The average molecular weight is 259 g/mol. The van der Waals surface area contributed by atoms with Crippen molar-refractivity contribution in [3.8, 4) is 11.5 Å². The SMILES string of the molecule is CCOC(=O)c1nc(-c2cc(C)cc(C)c2)oc1C. The van der Waals surface area contributed by atoms with E-state index in [-0.39, 0.29) is 5.69 Å². The topological polar surface area (TPSA) is 52.3 Å². The van der Waals surface area contributed by atoms with Crippen molar-refractivity contribution in [2.24, 2.45) is 0 Å². The van der Waals surface area contributed by atoms with Gasteiger partial charge in [-0.15, -0.1) is 0 Å². The molecule has 0 amide bonds. The summed E-state index contributed by atoms with van der Waals surface area (Å²) in [6.07, 6.45) is 0. The van der Waals surface area contributed by atoms with Crippen molar-refractivity contribution < 1.29 is 13.9 Å². The summed E-state index contributed by atoms with van der Waals surface area (Å²) in [6, 6.07) is 6.03. The molecular formula is C15H17NO3. The number of aromatic nitrogens is 1. The first kappa shape index (κ1) is 13.3. The molecule has 0 N–H and O–H groups in total. The maximum atomic E-state index is 11.7. The van der Waals surface area contributed by atoms with E-state index in [1.54, 1.807) is 13.8 Å². The van der Waals surface area contributed by atoms with E-state index in [2.05, 4.69) is 11.1 Å². The molecule has 0 saturated heterocycles. The lowest BCUT2D eigenvalue weighted by Gasteiger charge is -2.00. The van der Waals surface area contributed by atoms with Gasteiger partial charge in [0.15, 0.2) is 5.69 Å². The zero-order chi connectivity index (χ0) is 14.0. The molecule has 0 fully saturated rings. The molecule has 4 heteroatoms. The van der Waals surface area contributed by atoms with Gasteiger partial charge in [0.05, 0.1) is 6.61 Å². The van der Waals surface area contributed by atoms with E-state index in [9.17, 15) is 4.79 Å². The quantitative estimate of drug-likeness (QED) is 0.792. The van der Waals surface area contributed by atoms with Crippen molar-refractivity contribution in [3.05, 3.63) is 40.8 Å². The summed E-state index contributed by atoms with van der Waals surface area (Å²) < 4.78 is 10.5. The molecule has 100 valence electrons. The third-order valence-corrected chi connectivity index (χ3v) is 2.73. The van der Waals surface area contributed by atoms with Gasteiger partial charge in [-0.3, -0.25) is 0 Å². The minimum Gasteiger partial charge on any atom is -0.461 e. The molecule has 1 aromatic heterocycles. The first-order valence-electron chi connectivity index (χ1n) is 6.24. The zero-order valence-corrected chi connectivity index (χ0v) is 11.6. The van der Waals surface area contributed by atoms with Crippen LogP contribution in [0.3, 0.4) is 0 Å². The molecule has 0 saturated carbocycles. The maximum absolute atomic E-state index is 11.7. The summed E-state index contributed by atoms with van der Waals surface area (Å²) in [6.45, 7) is 7.82. The van der Waals surface area contributed by atoms with Crippen LogP contribution in [0.5, 0.6) is 0 Å². The Morgan fingerprint density at radius 3 is 2.42 bits per heavy atom. The monoisotopic (exact) mass is 259 g/mol. The predicted molar refractivity (Wildman–Crippen MR) is 72.1 cm³/mol. The lowest BCUT2D eigenvalue weighted by Crippen LogP contribution is -2.06. The van der Waals surface area contributed by atoms with Crippen LogP contribution in [0.4, 0.5) is 0 Å². The second-order valence-electron chi connectivity index (χ2n) is 4.52. The highest BCUT2D eigenvalue weighted by Gasteiger charge is 2.19. The van der Waals surface area contributed by atoms with Crippen molar-refractivity contribution in [1.29, 1.82) is 0 Å². The highest BCUT2D eigenvalue weighted by molar-refractivity contribution is 5.88. The number of hydrogen-bond acceptors (Lipinski definition) is 4. The second-order valence-corrected chi connectivity index (χ2v) is 4.52. The summed E-state index contributed by atoms with van der Waals surface area (Å²) in [7, 11) is 0. The number of nitrogens with zero attached hydrogens (tertiary/aromatic N) is 1. The standard InChI is InChI=1S/C15H17NO3/c1-5-18-15(17)13-11(4)19-14(16-13)12-7-9(2)6-10(3)8-12/h6-8H,5H2,1-4H3. The molecule has 2 rings (SSSR count). The highest BCUT2D eigenvalue weighted by Crippen LogP contribution is 2.24. The average Bonchev–Trinajstić information content (AvgIpc) is 2.70. The smallest absolute Gasteiger partial charge is 0.360 e. The number of ether oxygens (including phenoxy) is 1. The lowest BCUT2D eigenvalue weighted by molar-refractivity contribution is 0.0518. The predicted octanol–water partition coefficient (Wildman–Crippen LogP) is 3.44. The van der Waals surface area contributed by atoms with Gasteiger partial charge in [-0.1, -0.05) is 17.2 Å². The number of carbonyl (C=O) groups excluding carboxylic acids is 1. The molecule has 0 bridgehead atoms. The lowest BCUT2D eigenvalue weighted by atomic mass is 10.1. The Balaban J connectivity index is 2.41. The molecule has 0 radical (unpaired) electrons. The maximum Gasteiger partial charge on any atom is 0.360 e. The summed E-state index contributed by atoms with van der Waals surface area (Å²) in [5, 5.41) is 0. The molecule has 4 nitrogen and oxygen atoms in total. The highest BCUT2D eigenvalue weighted by atomic mass is 16.5. The normalized spacial score (nSPS) is 10.5. The molecule has 19 heavy (non-hydrogen) atoms. The number of benzene rings is 1. The minimum absolute atomic E-state index is 0.246. The van der Waals surface area contributed by atoms with Crippen LogP contribution < -0.4 is 0 Å². The molecule has 1 aromatic carbocycles. The second kappa shape index (κ2) is 5.26. The number of rotatable bonds is 3. The van der Waals surface area contributed by atoms with Gasteiger partial charge < -0.3 is 9.15 Å². The Bertz CT molecular complexity index is 594. The van der Waals surface area contributed by atoms with Crippen LogP contribution >= 0.6 is 0 Å². The van der Waals surface area contributed by atoms with Crippen LogP contribution in [0.15, 0.2) is 22.6 Å². The summed E-state index contributed by atoms with van der Waals surface area (Å²) >= 11 is 0. The fourth-order valence-corrected chi connectivity index (χ4v) is 2.01. The Morgan fingerprint density at radius 2 is 1.84 bits per heavy atom. The third-order valence-electron chi connectivity index (χ3n) is 2.73. The molecule has 0 atom stereocenters. The van der Waals surface area contributed by atoms with E-state index in [1.807, 2.05) is 26.0 Å². The molecule has 2 aromatic rings.